The summed E-state index contributed by atoms with van der Waals surface area (Å²) in [5.74, 6) is 0.990. The van der Waals surface area contributed by atoms with Crippen molar-refractivity contribution < 1.29 is 14.3 Å². The molecule has 0 N–H and O–H groups in total. The van der Waals surface area contributed by atoms with E-state index in [1.54, 1.807) is 0 Å². The van der Waals surface area contributed by atoms with Gasteiger partial charge in [-0.3, -0.25) is 0 Å². The third kappa shape index (κ3) is 4.87. The Kier molecular flexibility index (Phi) is 7.13. The second-order valence-electron chi connectivity index (χ2n) is 5.03. The topological polar surface area (TPSA) is 35.5 Å². The van der Waals surface area contributed by atoms with Crippen LogP contribution in [-0.2, 0) is 9.53 Å². The Labute approximate surface area is 122 Å². The molecule has 0 bridgehead atoms. The Morgan fingerprint density at radius 1 is 1.15 bits per heavy atom. The van der Waals surface area contributed by atoms with Crippen molar-refractivity contribution in [2.24, 2.45) is 0 Å². The van der Waals surface area contributed by atoms with Crippen LogP contribution in [0.2, 0.25) is 0 Å². The molecular weight excluding hydrogens is 252 g/mol. The smallest absolute Gasteiger partial charge is 0.347 e. The summed E-state index contributed by atoms with van der Waals surface area (Å²) in [4.78, 5) is 11.8. The van der Waals surface area contributed by atoms with Gasteiger partial charge in [-0.1, -0.05) is 39.3 Å². The normalized spacial score (nSPS) is 13.6. The third-order valence-corrected chi connectivity index (χ3v) is 3.44. The summed E-state index contributed by atoms with van der Waals surface area (Å²) in [6.07, 6.45) is 2.16. The fraction of sp³-hybridized carbons (Fsp3) is 0.588. The first-order valence-electron chi connectivity index (χ1n) is 7.55. The molecule has 0 spiro atoms. The SMILES string of the molecule is CCCC(Oc1ccc(C(C)CC)cc1)C(=O)OCC. The van der Waals surface area contributed by atoms with E-state index in [-0.39, 0.29) is 5.97 Å². The van der Waals surface area contributed by atoms with E-state index in [4.69, 9.17) is 9.47 Å². The standard InChI is InChI=1S/C17H26O3/c1-5-8-16(17(18)19-7-3)20-15-11-9-14(10-12-15)13(4)6-2/h9-13,16H,5-8H2,1-4H3. The summed E-state index contributed by atoms with van der Waals surface area (Å²) >= 11 is 0. The minimum Gasteiger partial charge on any atom is -0.479 e. The van der Waals surface area contributed by atoms with Crippen LogP contribution in [0.4, 0.5) is 0 Å². The van der Waals surface area contributed by atoms with Gasteiger partial charge in [-0.25, -0.2) is 4.79 Å². The van der Waals surface area contributed by atoms with Gasteiger partial charge in [-0.15, -0.1) is 0 Å². The minimum atomic E-state index is -0.505. The van der Waals surface area contributed by atoms with Crippen molar-refractivity contribution >= 4 is 5.97 Å². The molecule has 112 valence electrons. The lowest BCUT2D eigenvalue weighted by molar-refractivity contribution is -0.151. The first-order chi connectivity index (χ1) is 9.62. The Morgan fingerprint density at radius 2 is 1.80 bits per heavy atom. The van der Waals surface area contributed by atoms with Gasteiger partial charge in [-0.2, -0.15) is 0 Å². The summed E-state index contributed by atoms with van der Waals surface area (Å²) in [6, 6.07) is 8.00. The molecule has 0 aliphatic rings. The van der Waals surface area contributed by atoms with Gasteiger partial charge in [0.25, 0.3) is 0 Å². The number of ether oxygens (including phenoxy) is 2. The molecule has 0 heterocycles. The molecule has 0 aliphatic carbocycles. The third-order valence-electron chi connectivity index (χ3n) is 3.44. The highest BCUT2D eigenvalue weighted by molar-refractivity contribution is 5.75. The number of hydrogen-bond donors (Lipinski definition) is 0. The van der Waals surface area contributed by atoms with Crippen LogP contribution >= 0.6 is 0 Å². The highest BCUT2D eigenvalue weighted by Crippen LogP contribution is 2.22. The number of esters is 1. The second kappa shape index (κ2) is 8.62. The lowest BCUT2D eigenvalue weighted by atomic mass is 9.99. The van der Waals surface area contributed by atoms with Gasteiger partial charge in [0, 0.05) is 0 Å². The molecule has 2 atom stereocenters. The Balaban J connectivity index is 2.71. The largest absolute Gasteiger partial charge is 0.479 e. The van der Waals surface area contributed by atoms with E-state index >= 15 is 0 Å². The van der Waals surface area contributed by atoms with Crippen LogP contribution in [-0.4, -0.2) is 18.7 Å². The molecule has 0 fully saturated rings. The number of benzene rings is 1. The van der Waals surface area contributed by atoms with E-state index in [1.165, 1.54) is 5.56 Å². The first-order valence-corrected chi connectivity index (χ1v) is 7.55. The van der Waals surface area contributed by atoms with Crippen molar-refractivity contribution in [3.63, 3.8) is 0 Å². The quantitative estimate of drug-likeness (QED) is 0.665. The molecule has 0 saturated carbocycles. The molecule has 0 aromatic heterocycles. The Hall–Kier alpha value is -1.51. The lowest BCUT2D eigenvalue weighted by Gasteiger charge is -2.17. The number of hydrogen-bond acceptors (Lipinski definition) is 3. The summed E-state index contributed by atoms with van der Waals surface area (Å²) in [5.41, 5.74) is 1.29. The average Bonchev–Trinajstić information content (AvgIpc) is 2.47. The van der Waals surface area contributed by atoms with Gasteiger partial charge < -0.3 is 9.47 Å². The van der Waals surface area contributed by atoms with Gasteiger partial charge >= 0.3 is 5.97 Å². The summed E-state index contributed by atoms with van der Waals surface area (Å²) in [7, 11) is 0. The van der Waals surface area contributed by atoms with Gasteiger partial charge in [0.05, 0.1) is 6.61 Å². The maximum Gasteiger partial charge on any atom is 0.347 e. The van der Waals surface area contributed by atoms with E-state index in [0.29, 0.717) is 18.9 Å². The van der Waals surface area contributed by atoms with Crippen LogP contribution in [0.5, 0.6) is 5.75 Å². The highest BCUT2D eigenvalue weighted by atomic mass is 16.6. The zero-order chi connectivity index (χ0) is 15.0. The van der Waals surface area contributed by atoms with Crippen LogP contribution in [0.1, 0.15) is 58.4 Å². The predicted octanol–water partition coefficient (Wildman–Crippen LogP) is 4.31. The van der Waals surface area contributed by atoms with Crippen molar-refractivity contribution in [1.29, 1.82) is 0 Å². The van der Waals surface area contributed by atoms with Crippen molar-refractivity contribution in [3.8, 4) is 5.75 Å². The molecule has 1 aromatic carbocycles. The first kappa shape index (κ1) is 16.5. The summed E-state index contributed by atoms with van der Waals surface area (Å²) in [5, 5.41) is 0. The van der Waals surface area contributed by atoms with Gasteiger partial charge in [0.2, 0.25) is 0 Å². The number of carbonyl (C=O) groups excluding carboxylic acids is 1. The van der Waals surface area contributed by atoms with E-state index in [1.807, 2.05) is 26.0 Å². The van der Waals surface area contributed by atoms with Crippen LogP contribution in [0.15, 0.2) is 24.3 Å². The van der Waals surface area contributed by atoms with Crippen molar-refractivity contribution in [2.45, 2.75) is 59.0 Å². The van der Waals surface area contributed by atoms with Crippen molar-refractivity contribution in [2.75, 3.05) is 6.61 Å². The van der Waals surface area contributed by atoms with Crippen LogP contribution in [0.3, 0.4) is 0 Å². The van der Waals surface area contributed by atoms with Gasteiger partial charge in [0.1, 0.15) is 5.75 Å². The monoisotopic (exact) mass is 278 g/mol. The Morgan fingerprint density at radius 3 is 2.30 bits per heavy atom. The second-order valence-corrected chi connectivity index (χ2v) is 5.03. The Bertz CT molecular complexity index is 397. The average molecular weight is 278 g/mol. The van der Waals surface area contributed by atoms with E-state index in [9.17, 15) is 4.79 Å². The molecule has 1 rings (SSSR count). The number of carbonyl (C=O) groups is 1. The maximum absolute atomic E-state index is 11.8. The van der Waals surface area contributed by atoms with Crippen LogP contribution < -0.4 is 4.74 Å². The molecule has 20 heavy (non-hydrogen) atoms. The molecule has 0 amide bonds. The van der Waals surface area contributed by atoms with Crippen molar-refractivity contribution in [1.82, 2.24) is 0 Å². The molecule has 3 heteroatoms. The molecule has 0 saturated heterocycles. The summed E-state index contributed by atoms with van der Waals surface area (Å²) < 4.78 is 10.8. The number of rotatable bonds is 8. The fourth-order valence-corrected chi connectivity index (χ4v) is 2.00. The molecular formula is C17H26O3. The van der Waals surface area contributed by atoms with Crippen LogP contribution in [0.25, 0.3) is 0 Å². The molecule has 3 nitrogen and oxygen atoms in total. The van der Waals surface area contributed by atoms with E-state index in [2.05, 4.69) is 26.0 Å². The summed E-state index contributed by atoms with van der Waals surface area (Å²) in [6.45, 7) is 8.60. The molecule has 1 aromatic rings. The van der Waals surface area contributed by atoms with Gasteiger partial charge in [-0.05, 0) is 43.4 Å². The zero-order valence-electron chi connectivity index (χ0n) is 13.0. The molecule has 0 radical (unpaired) electrons. The van der Waals surface area contributed by atoms with Gasteiger partial charge in [0.15, 0.2) is 6.10 Å². The molecule has 2 unspecified atom stereocenters. The highest BCUT2D eigenvalue weighted by Gasteiger charge is 2.20. The maximum atomic E-state index is 11.8. The van der Waals surface area contributed by atoms with E-state index < -0.39 is 6.10 Å². The van der Waals surface area contributed by atoms with Crippen molar-refractivity contribution in [3.05, 3.63) is 29.8 Å². The minimum absolute atomic E-state index is 0.277. The lowest BCUT2D eigenvalue weighted by Crippen LogP contribution is -2.29. The molecule has 0 aliphatic heterocycles. The predicted molar refractivity (Wildman–Crippen MR) is 81.1 cm³/mol. The fourth-order valence-electron chi connectivity index (χ4n) is 2.00. The zero-order valence-corrected chi connectivity index (χ0v) is 13.0. The van der Waals surface area contributed by atoms with E-state index in [0.717, 1.165) is 18.6 Å². The van der Waals surface area contributed by atoms with Crippen LogP contribution in [0, 0.1) is 0 Å².